The highest BCUT2D eigenvalue weighted by atomic mass is 35.5. The number of anilines is 1. The number of amides is 2. The molecular formula is C35H27Cl2NO5. The van der Waals surface area contributed by atoms with E-state index >= 15 is 0 Å². The van der Waals surface area contributed by atoms with Gasteiger partial charge in [-0.2, -0.15) is 0 Å². The molecule has 1 heterocycles. The van der Waals surface area contributed by atoms with E-state index in [2.05, 4.69) is 0 Å². The van der Waals surface area contributed by atoms with Crippen molar-refractivity contribution in [2.24, 2.45) is 0 Å². The largest absolute Gasteiger partial charge is 0.512 e. The smallest absolute Gasteiger partial charge is 0.338 e. The topological polar surface area (TPSA) is 83.9 Å². The summed E-state index contributed by atoms with van der Waals surface area (Å²) in [4.78, 5) is 43.3. The Morgan fingerprint density at radius 1 is 0.884 bits per heavy atom. The van der Waals surface area contributed by atoms with Crippen LogP contribution in [-0.4, -0.2) is 22.9 Å². The summed E-state index contributed by atoms with van der Waals surface area (Å²) in [5.41, 5.74) is 1.33. The Labute approximate surface area is 259 Å². The van der Waals surface area contributed by atoms with Gasteiger partial charge in [0.25, 0.3) is 0 Å². The molecular weight excluding hydrogens is 585 g/mol. The van der Waals surface area contributed by atoms with E-state index in [1.807, 2.05) is 60.7 Å². The van der Waals surface area contributed by atoms with Crippen molar-refractivity contribution in [3.63, 3.8) is 0 Å². The lowest BCUT2D eigenvalue weighted by Crippen LogP contribution is -2.53. The first kappa shape index (κ1) is 28.7. The zero-order chi connectivity index (χ0) is 30.3. The summed E-state index contributed by atoms with van der Waals surface area (Å²) in [7, 11) is 0. The Morgan fingerprint density at radius 3 is 2.21 bits per heavy atom. The van der Waals surface area contributed by atoms with Crippen LogP contribution < -0.4 is 4.90 Å². The Hall–Kier alpha value is -4.39. The van der Waals surface area contributed by atoms with Crippen molar-refractivity contribution in [2.45, 2.75) is 37.2 Å². The van der Waals surface area contributed by atoms with Crippen LogP contribution in [0.5, 0.6) is 0 Å². The fourth-order valence-electron chi connectivity index (χ4n) is 6.66. The number of fused-ring (bicyclic) bond motifs is 2. The fourth-order valence-corrected chi connectivity index (χ4v) is 7.02. The lowest BCUT2D eigenvalue weighted by atomic mass is 9.53. The highest BCUT2D eigenvalue weighted by molar-refractivity contribution is 6.32. The second-order valence-corrected chi connectivity index (χ2v) is 11.6. The minimum absolute atomic E-state index is 0.0342. The van der Waals surface area contributed by atoms with Crippen LogP contribution in [-0.2, 0) is 31.1 Å². The van der Waals surface area contributed by atoms with Crippen LogP contribution in [0, 0.1) is 0 Å². The molecule has 0 radical (unpaired) electrons. The number of hydrogen-bond donors (Lipinski definition) is 1. The van der Waals surface area contributed by atoms with Crippen molar-refractivity contribution in [3.05, 3.63) is 147 Å². The molecule has 1 aliphatic heterocycles. The number of carbonyl (C=O) groups is 3. The van der Waals surface area contributed by atoms with Gasteiger partial charge in [0.15, 0.2) is 0 Å². The van der Waals surface area contributed by atoms with Crippen molar-refractivity contribution in [2.75, 3.05) is 4.90 Å². The first-order chi connectivity index (χ1) is 20.7. The number of ether oxygens (including phenoxy) is 1. The van der Waals surface area contributed by atoms with Gasteiger partial charge in [0, 0.05) is 35.2 Å². The Kier molecular flexibility index (Phi) is 7.59. The predicted octanol–water partition coefficient (Wildman–Crippen LogP) is 7.65. The fraction of sp³-hybridized carbons (Fsp3) is 0.171. The molecule has 2 aliphatic rings. The van der Waals surface area contributed by atoms with E-state index in [0.717, 1.165) is 16.0 Å². The van der Waals surface area contributed by atoms with Gasteiger partial charge in [-0.15, -0.1) is 0 Å². The van der Waals surface area contributed by atoms with Crippen molar-refractivity contribution in [3.8, 4) is 0 Å². The summed E-state index contributed by atoms with van der Waals surface area (Å²) >= 11 is 12.9. The summed E-state index contributed by atoms with van der Waals surface area (Å²) < 4.78 is 5.78. The number of aliphatic hydroxyl groups excluding tert-OH is 1. The Morgan fingerprint density at radius 2 is 1.53 bits per heavy atom. The van der Waals surface area contributed by atoms with Crippen LogP contribution >= 0.6 is 23.2 Å². The molecule has 0 fully saturated rings. The van der Waals surface area contributed by atoms with Gasteiger partial charge < -0.3 is 9.84 Å². The molecule has 3 atom stereocenters. The minimum atomic E-state index is -1.54. The summed E-state index contributed by atoms with van der Waals surface area (Å²) in [5, 5.41) is 12.4. The molecule has 216 valence electrons. The van der Waals surface area contributed by atoms with Gasteiger partial charge >= 0.3 is 5.97 Å². The number of rotatable bonds is 5. The number of aliphatic hydroxyl groups is 1. The van der Waals surface area contributed by atoms with Crippen molar-refractivity contribution < 1.29 is 24.2 Å². The van der Waals surface area contributed by atoms with Gasteiger partial charge in [-0.3, -0.25) is 9.59 Å². The highest BCUT2D eigenvalue weighted by Gasteiger charge is 2.65. The average molecular weight is 613 g/mol. The number of carbonyl (C=O) groups excluding carboxylic acids is 3. The van der Waals surface area contributed by atoms with Crippen LogP contribution in [0.2, 0.25) is 10.0 Å². The van der Waals surface area contributed by atoms with E-state index < -0.39 is 35.0 Å². The molecule has 0 unspecified atom stereocenters. The van der Waals surface area contributed by atoms with Gasteiger partial charge in [0.1, 0.15) is 12.4 Å². The normalized spacial score (nSPS) is 21.2. The molecule has 2 amide bonds. The maximum atomic E-state index is 15.0. The number of hydrogen-bond acceptors (Lipinski definition) is 5. The maximum Gasteiger partial charge on any atom is 0.338 e. The molecule has 0 saturated heterocycles. The quantitative estimate of drug-likeness (QED) is 0.234. The summed E-state index contributed by atoms with van der Waals surface area (Å²) in [5.74, 6) is -3.69. The number of nitrogens with zero attached hydrogens (tertiary/aromatic N) is 1. The van der Waals surface area contributed by atoms with Crippen LogP contribution in [0.3, 0.4) is 0 Å². The van der Waals surface area contributed by atoms with E-state index in [1.54, 1.807) is 42.5 Å². The Balaban J connectivity index is 1.64. The van der Waals surface area contributed by atoms with Gasteiger partial charge in [0.05, 0.1) is 16.7 Å². The van der Waals surface area contributed by atoms with E-state index in [0.29, 0.717) is 26.9 Å². The van der Waals surface area contributed by atoms with Gasteiger partial charge in [0.2, 0.25) is 11.8 Å². The van der Waals surface area contributed by atoms with Crippen LogP contribution in [0.1, 0.15) is 47.4 Å². The second kappa shape index (κ2) is 11.4. The van der Waals surface area contributed by atoms with Crippen molar-refractivity contribution in [1.29, 1.82) is 0 Å². The van der Waals surface area contributed by atoms with E-state index in [9.17, 15) is 19.5 Å². The lowest BCUT2D eigenvalue weighted by Gasteiger charge is -2.47. The monoisotopic (exact) mass is 611 g/mol. The minimum Gasteiger partial charge on any atom is -0.512 e. The number of benzene rings is 4. The molecule has 4 aromatic rings. The number of esters is 1. The van der Waals surface area contributed by atoms with Gasteiger partial charge in [-0.1, -0.05) is 102 Å². The third-order valence-electron chi connectivity index (χ3n) is 8.34. The SMILES string of the molecule is CC(=O)N1C(=O)[C@]2(c3ccc(Cl)cc31)[C@H](c1ccccc1)CC(O)=C(C(=O)OCc1ccccc1)[C@H]2c1cccc(Cl)c1. The molecule has 6 nitrogen and oxygen atoms in total. The van der Waals surface area contributed by atoms with Gasteiger partial charge in [-0.25, -0.2) is 9.69 Å². The average Bonchev–Trinajstić information content (AvgIpc) is 3.25. The summed E-state index contributed by atoms with van der Waals surface area (Å²) in [6, 6.07) is 30.4. The zero-order valence-corrected chi connectivity index (χ0v) is 24.7. The molecule has 1 aliphatic carbocycles. The molecule has 8 heteroatoms. The van der Waals surface area contributed by atoms with Crippen LogP contribution in [0.15, 0.2) is 114 Å². The highest BCUT2D eigenvalue weighted by Crippen LogP contribution is 2.63. The number of allylic oxidation sites excluding steroid dienone is 1. The lowest BCUT2D eigenvalue weighted by molar-refractivity contribution is -0.141. The first-order valence-corrected chi connectivity index (χ1v) is 14.6. The molecule has 1 spiro atoms. The van der Waals surface area contributed by atoms with E-state index in [1.165, 1.54) is 6.92 Å². The molecule has 0 saturated carbocycles. The van der Waals surface area contributed by atoms with E-state index in [4.69, 9.17) is 27.9 Å². The number of imide groups is 1. The molecule has 1 N–H and O–H groups in total. The van der Waals surface area contributed by atoms with Gasteiger partial charge in [-0.05, 0) is 46.5 Å². The molecule has 4 aromatic carbocycles. The second-order valence-electron chi connectivity index (χ2n) is 10.8. The standard InChI is InChI=1S/C35H27Cl2NO5/c1-21(39)38-29-18-26(37)15-16-27(29)35(34(38)42)28(23-11-6-3-7-12-23)19-30(40)31(32(35)24-13-8-14-25(36)17-24)33(41)43-20-22-9-4-2-5-10-22/h2-18,28,32,40H,19-20H2,1H3/t28-,32+,35+/m0/s1. The predicted molar refractivity (Wildman–Crippen MR) is 165 cm³/mol. The molecule has 0 aromatic heterocycles. The Bertz CT molecular complexity index is 1770. The summed E-state index contributed by atoms with van der Waals surface area (Å²) in [6.45, 7) is 1.28. The third kappa shape index (κ3) is 4.81. The van der Waals surface area contributed by atoms with Crippen molar-refractivity contribution in [1.82, 2.24) is 0 Å². The third-order valence-corrected chi connectivity index (χ3v) is 8.81. The first-order valence-electron chi connectivity index (χ1n) is 13.8. The van der Waals surface area contributed by atoms with Crippen LogP contribution in [0.4, 0.5) is 5.69 Å². The van der Waals surface area contributed by atoms with E-state index in [-0.39, 0.29) is 24.4 Å². The molecule has 43 heavy (non-hydrogen) atoms. The number of halogens is 2. The zero-order valence-electron chi connectivity index (χ0n) is 23.2. The molecule has 6 rings (SSSR count). The van der Waals surface area contributed by atoms with Crippen LogP contribution in [0.25, 0.3) is 0 Å². The summed E-state index contributed by atoms with van der Waals surface area (Å²) in [6.07, 6.45) is -0.0452. The maximum absolute atomic E-state index is 15.0. The molecule has 0 bridgehead atoms. The van der Waals surface area contributed by atoms with Crippen molar-refractivity contribution >= 4 is 46.7 Å².